The number of carbonyl (C=O) groups excluding carboxylic acids is 1. The molecule has 0 bridgehead atoms. The van der Waals surface area contributed by atoms with Crippen molar-refractivity contribution in [2.45, 2.75) is 13.0 Å². The lowest BCUT2D eigenvalue weighted by molar-refractivity contribution is -0.115. The Morgan fingerprint density at radius 2 is 2.50 bits per heavy atom. The number of aromatic nitrogens is 1. The van der Waals surface area contributed by atoms with Gasteiger partial charge in [0.1, 0.15) is 5.82 Å². The highest BCUT2D eigenvalue weighted by molar-refractivity contribution is 5.91. The number of amides is 1. The van der Waals surface area contributed by atoms with E-state index in [9.17, 15) is 4.79 Å². The van der Waals surface area contributed by atoms with E-state index >= 15 is 0 Å². The van der Waals surface area contributed by atoms with Crippen LogP contribution in [0.1, 0.15) is 12.0 Å². The number of hydrogen-bond acceptors (Lipinski definition) is 3. The van der Waals surface area contributed by atoms with Gasteiger partial charge < -0.3 is 11.1 Å². The van der Waals surface area contributed by atoms with E-state index < -0.39 is 0 Å². The molecule has 1 amide bonds. The number of nitrogens with one attached hydrogen (secondary N) is 1. The number of rotatable bonds is 4. The minimum absolute atomic E-state index is 0.131. The molecular weight excluding hydrogens is 178 g/mol. The van der Waals surface area contributed by atoms with Gasteiger partial charge in [0, 0.05) is 24.7 Å². The van der Waals surface area contributed by atoms with Crippen LogP contribution in [-0.2, 0) is 11.3 Å². The van der Waals surface area contributed by atoms with Crippen LogP contribution in [0.2, 0.25) is 0 Å². The molecule has 4 heteroatoms. The topological polar surface area (TPSA) is 68.0 Å². The summed E-state index contributed by atoms with van der Waals surface area (Å²) in [6.07, 6.45) is 3.43. The maximum atomic E-state index is 11.2. The van der Waals surface area contributed by atoms with Crippen LogP contribution in [0, 0.1) is 0 Å². The van der Waals surface area contributed by atoms with Gasteiger partial charge in [-0.1, -0.05) is 12.1 Å². The SMILES string of the molecule is C=CCC(=O)Nc1ncccc1CN. The van der Waals surface area contributed by atoms with Crippen LogP contribution >= 0.6 is 0 Å². The Bertz CT molecular complexity index is 336. The number of carbonyl (C=O) groups is 1. The van der Waals surface area contributed by atoms with E-state index in [1.165, 1.54) is 0 Å². The maximum Gasteiger partial charge on any atom is 0.229 e. The van der Waals surface area contributed by atoms with E-state index in [0.717, 1.165) is 5.56 Å². The molecule has 0 radical (unpaired) electrons. The lowest BCUT2D eigenvalue weighted by Crippen LogP contribution is -2.14. The normalized spacial score (nSPS) is 9.50. The van der Waals surface area contributed by atoms with Crippen LogP contribution in [0.5, 0.6) is 0 Å². The number of anilines is 1. The molecule has 0 saturated carbocycles. The lowest BCUT2D eigenvalue weighted by atomic mass is 10.2. The fraction of sp³-hybridized carbons (Fsp3) is 0.200. The molecule has 0 aromatic carbocycles. The van der Waals surface area contributed by atoms with Crippen molar-refractivity contribution in [1.29, 1.82) is 0 Å². The minimum Gasteiger partial charge on any atom is -0.326 e. The number of nitrogens with zero attached hydrogens (tertiary/aromatic N) is 1. The average Bonchev–Trinajstić information content (AvgIpc) is 2.19. The summed E-state index contributed by atoms with van der Waals surface area (Å²) in [4.78, 5) is 15.2. The Labute approximate surface area is 82.8 Å². The van der Waals surface area contributed by atoms with Gasteiger partial charge in [-0.3, -0.25) is 4.79 Å². The molecule has 3 N–H and O–H groups in total. The van der Waals surface area contributed by atoms with E-state index in [1.807, 2.05) is 6.07 Å². The van der Waals surface area contributed by atoms with E-state index in [0.29, 0.717) is 12.4 Å². The van der Waals surface area contributed by atoms with Gasteiger partial charge in [-0.2, -0.15) is 0 Å². The largest absolute Gasteiger partial charge is 0.326 e. The van der Waals surface area contributed by atoms with Crippen LogP contribution < -0.4 is 11.1 Å². The Kier molecular flexibility index (Phi) is 3.82. The van der Waals surface area contributed by atoms with Gasteiger partial charge in [-0.05, 0) is 6.07 Å². The van der Waals surface area contributed by atoms with Gasteiger partial charge >= 0.3 is 0 Å². The Morgan fingerprint density at radius 1 is 1.71 bits per heavy atom. The first-order chi connectivity index (χ1) is 6.77. The van der Waals surface area contributed by atoms with Gasteiger partial charge in [-0.25, -0.2) is 4.98 Å². The lowest BCUT2D eigenvalue weighted by Gasteiger charge is -2.06. The van der Waals surface area contributed by atoms with Crippen molar-refractivity contribution in [2.24, 2.45) is 5.73 Å². The molecule has 0 aliphatic carbocycles. The van der Waals surface area contributed by atoms with Crippen molar-refractivity contribution in [3.63, 3.8) is 0 Å². The summed E-state index contributed by atoms with van der Waals surface area (Å²) in [7, 11) is 0. The zero-order valence-electron chi connectivity index (χ0n) is 7.86. The van der Waals surface area contributed by atoms with Gasteiger partial charge in [-0.15, -0.1) is 6.58 Å². The summed E-state index contributed by atoms with van der Waals surface area (Å²) >= 11 is 0. The highest BCUT2D eigenvalue weighted by atomic mass is 16.1. The monoisotopic (exact) mass is 191 g/mol. The van der Waals surface area contributed by atoms with E-state index in [2.05, 4.69) is 16.9 Å². The van der Waals surface area contributed by atoms with E-state index in [1.54, 1.807) is 18.3 Å². The van der Waals surface area contributed by atoms with Gasteiger partial charge in [0.25, 0.3) is 0 Å². The molecule has 1 rings (SSSR count). The van der Waals surface area contributed by atoms with Crippen LogP contribution in [0.3, 0.4) is 0 Å². The van der Waals surface area contributed by atoms with Crippen molar-refractivity contribution >= 4 is 11.7 Å². The minimum atomic E-state index is -0.131. The third-order valence-electron chi connectivity index (χ3n) is 1.70. The van der Waals surface area contributed by atoms with Crippen LogP contribution in [0.4, 0.5) is 5.82 Å². The van der Waals surface area contributed by atoms with Crippen molar-refractivity contribution in [1.82, 2.24) is 4.98 Å². The summed E-state index contributed by atoms with van der Waals surface area (Å²) in [5.41, 5.74) is 6.31. The number of pyridine rings is 1. The standard InChI is InChI=1S/C10H13N3O/c1-2-4-9(14)13-10-8(7-11)5-3-6-12-10/h2-3,5-6H,1,4,7,11H2,(H,12,13,14). The molecular formula is C10H13N3O. The number of nitrogens with two attached hydrogens (primary N) is 1. The molecule has 0 fully saturated rings. The second-order valence-corrected chi connectivity index (χ2v) is 2.76. The molecule has 1 heterocycles. The first kappa shape index (κ1) is 10.4. The molecule has 0 spiro atoms. The van der Waals surface area contributed by atoms with Crippen LogP contribution in [0.15, 0.2) is 31.0 Å². The molecule has 74 valence electrons. The van der Waals surface area contributed by atoms with Crippen LogP contribution in [-0.4, -0.2) is 10.9 Å². The zero-order valence-corrected chi connectivity index (χ0v) is 7.86. The van der Waals surface area contributed by atoms with Crippen molar-refractivity contribution < 1.29 is 4.79 Å². The zero-order chi connectivity index (χ0) is 10.4. The molecule has 4 nitrogen and oxygen atoms in total. The van der Waals surface area contributed by atoms with Gasteiger partial charge in [0.2, 0.25) is 5.91 Å². The number of hydrogen-bond donors (Lipinski definition) is 2. The molecule has 0 aliphatic heterocycles. The fourth-order valence-electron chi connectivity index (χ4n) is 1.03. The quantitative estimate of drug-likeness (QED) is 0.699. The first-order valence-corrected chi connectivity index (χ1v) is 4.32. The van der Waals surface area contributed by atoms with Crippen LogP contribution in [0.25, 0.3) is 0 Å². The second-order valence-electron chi connectivity index (χ2n) is 2.76. The van der Waals surface area contributed by atoms with Gasteiger partial charge in [0.15, 0.2) is 0 Å². The molecule has 0 atom stereocenters. The summed E-state index contributed by atoms with van der Waals surface area (Å²) < 4.78 is 0. The summed E-state index contributed by atoms with van der Waals surface area (Å²) in [5.74, 6) is 0.398. The smallest absolute Gasteiger partial charge is 0.229 e. The maximum absolute atomic E-state index is 11.2. The Balaban J connectivity index is 2.74. The highest BCUT2D eigenvalue weighted by Crippen LogP contribution is 2.10. The van der Waals surface area contributed by atoms with Crippen molar-refractivity contribution in [3.05, 3.63) is 36.5 Å². The Hall–Kier alpha value is -1.68. The fourth-order valence-corrected chi connectivity index (χ4v) is 1.03. The molecule has 14 heavy (non-hydrogen) atoms. The predicted octanol–water partition coefficient (Wildman–Crippen LogP) is 1.05. The van der Waals surface area contributed by atoms with E-state index in [-0.39, 0.29) is 12.3 Å². The summed E-state index contributed by atoms with van der Waals surface area (Å²) in [6.45, 7) is 3.84. The summed E-state index contributed by atoms with van der Waals surface area (Å²) in [6, 6.07) is 3.61. The molecule has 0 saturated heterocycles. The first-order valence-electron chi connectivity index (χ1n) is 4.32. The van der Waals surface area contributed by atoms with Crippen molar-refractivity contribution in [2.75, 3.05) is 5.32 Å². The second kappa shape index (κ2) is 5.14. The average molecular weight is 191 g/mol. The molecule has 1 aromatic heterocycles. The van der Waals surface area contributed by atoms with Crippen molar-refractivity contribution in [3.8, 4) is 0 Å². The molecule has 0 unspecified atom stereocenters. The summed E-state index contributed by atoms with van der Waals surface area (Å²) in [5, 5.41) is 2.66. The molecule has 0 aliphatic rings. The third kappa shape index (κ3) is 2.67. The third-order valence-corrected chi connectivity index (χ3v) is 1.70. The Morgan fingerprint density at radius 3 is 3.14 bits per heavy atom. The highest BCUT2D eigenvalue weighted by Gasteiger charge is 2.04. The predicted molar refractivity (Wildman–Crippen MR) is 55.6 cm³/mol. The van der Waals surface area contributed by atoms with Gasteiger partial charge in [0.05, 0.1) is 0 Å². The molecule has 1 aromatic rings. The van der Waals surface area contributed by atoms with E-state index in [4.69, 9.17) is 5.73 Å².